The monoisotopic (exact) mass is 485 g/mol. The third-order valence-electron chi connectivity index (χ3n) is 6.20. The highest BCUT2D eigenvalue weighted by atomic mass is 19.1. The highest BCUT2D eigenvalue weighted by molar-refractivity contribution is 5.85. The van der Waals surface area contributed by atoms with Crippen molar-refractivity contribution in [2.45, 2.75) is 33.7 Å². The predicted octanol–water partition coefficient (Wildman–Crippen LogP) is 6.04. The van der Waals surface area contributed by atoms with Gasteiger partial charge in [-0.15, -0.1) is 0 Å². The van der Waals surface area contributed by atoms with E-state index >= 15 is 0 Å². The Kier molecular flexibility index (Phi) is 5.80. The Balaban J connectivity index is 1.66. The van der Waals surface area contributed by atoms with Crippen LogP contribution in [0.1, 0.15) is 35.2 Å². The molecule has 2 aromatic heterocycles. The van der Waals surface area contributed by atoms with Gasteiger partial charge in [-0.1, -0.05) is 41.1 Å². The van der Waals surface area contributed by atoms with Crippen LogP contribution < -0.4 is 16.5 Å². The Morgan fingerprint density at radius 3 is 2.50 bits per heavy atom. The van der Waals surface area contributed by atoms with Crippen LogP contribution in [0, 0.1) is 26.6 Å². The number of hydrogen-bond acceptors (Lipinski definition) is 6. The summed E-state index contributed by atoms with van der Waals surface area (Å²) >= 11 is 0. The molecule has 8 heteroatoms. The zero-order chi connectivity index (χ0) is 25.6. The molecule has 0 unspecified atom stereocenters. The van der Waals surface area contributed by atoms with Gasteiger partial charge in [0.05, 0.1) is 17.0 Å². The van der Waals surface area contributed by atoms with Gasteiger partial charge in [0.1, 0.15) is 17.2 Å². The SMILES string of the molecule is Cc1cccc(-c2oc3c([C@@H](C)Nc4cccc(F)c4-c4noc(=O)[nH]4)cc(C)cc3c(=O)c2C)c1. The lowest BCUT2D eigenvalue weighted by atomic mass is 9.98. The summed E-state index contributed by atoms with van der Waals surface area (Å²) in [5.41, 5.74) is 4.87. The van der Waals surface area contributed by atoms with Crippen LogP contribution >= 0.6 is 0 Å². The lowest BCUT2D eigenvalue weighted by molar-refractivity contribution is 0.387. The van der Waals surface area contributed by atoms with Crippen molar-refractivity contribution in [3.63, 3.8) is 0 Å². The van der Waals surface area contributed by atoms with Crippen LogP contribution in [0.15, 0.2) is 73.1 Å². The molecule has 1 atom stereocenters. The maximum absolute atomic E-state index is 14.8. The van der Waals surface area contributed by atoms with Crippen LogP contribution in [0.25, 0.3) is 33.7 Å². The molecule has 7 nitrogen and oxygen atoms in total. The Bertz CT molecular complexity index is 1730. The summed E-state index contributed by atoms with van der Waals surface area (Å²) < 4.78 is 25.8. The summed E-state index contributed by atoms with van der Waals surface area (Å²) in [6, 6.07) is 15.7. The highest BCUT2D eigenvalue weighted by Crippen LogP contribution is 2.35. The average Bonchev–Trinajstić information content (AvgIpc) is 3.26. The predicted molar refractivity (Wildman–Crippen MR) is 137 cm³/mol. The fourth-order valence-corrected chi connectivity index (χ4v) is 4.48. The summed E-state index contributed by atoms with van der Waals surface area (Å²) in [7, 11) is 0. The molecule has 2 N–H and O–H groups in total. The van der Waals surface area contributed by atoms with Gasteiger partial charge in [0.2, 0.25) is 0 Å². The maximum atomic E-state index is 14.8. The van der Waals surface area contributed by atoms with Crippen molar-refractivity contribution < 1.29 is 13.3 Å². The van der Waals surface area contributed by atoms with Crippen LogP contribution in [-0.2, 0) is 0 Å². The van der Waals surface area contributed by atoms with Gasteiger partial charge in [-0.25, -0.2) is 9.18 Å². The van der Waals surface area contributed by atoms with E-state index in [1.165, 1.54) is 6.07 Å². The van der Waals surface area contributed by atoms with Gasteiger partial charge >= 0.3 is 5.76 Å². The van der Waals surface area contributed by atoms with Gasteiger partial charge in [0, 0.05) is 22.4 Å². The maximum Gasteiger partial charge on any atom is 0.439 e. The molecule has 5 aromatic rings. The van der Waals surface area contributed by atoms with Gasteiger partial charge in [-0.2, -0.15) is 0 Å². The largest absolute Gasteiger partial charge is 0.455 e. The lowest BCUT2D eigenvalue weighted by Crippen LogP contribution is -2.13. The molecule has 0 amide bonds. The number of fused-ring (bicyclic) bond motifs is 1. The first-order valence-corrected chi connectivity index (χ1v) is 11.5. The standard InChI is InChI=1S/C28H24FN3O4/c1-14-7-5-8-18(11-14)25-16(3)24(33)20-13-15(2)12-19(26(20)35-25)17(4)30-22-10-6-9-21(29)23(22)27-31-28(34)36-32-27/h5-13,17,30H,1-4H3,(H,31,32,34)/t17-/m1/s1. The number of nitrogens with one attached hydrogen (secondary N) is 2. The van der Waals surface area contributed by atoms with Crippen LogP contribution in [0.3, 0.4) is 0 Å². The topological polar surface area (TPSA) is 101 Å². The van der Waals surface area contributed by atoms with E-state index in [-0.39, 0.29) is 16.8 Å². The molecule has 0 radical (unpaired) electrons. The van der Waals surface area contributed by atoms with Gasteiger partial charge in [0.25, 0.3) is 0 Å². The van der Waals surface area contributed by atoms with Crippen molar-refractivity contribution in [3.8, 4) is 22.7 Å². The Morgan fingerprint density at radius 1 is 1.00 bits per heavy atom. The van der Waals surface area contributed by atoms with E-state index in [0.29, 0.717) is 28.0 Å². The fraction of sp³-hybridized carbons (Fsp3) is 0.179. The Morgan fingerprint density at radius 2 is 1.78 bits per heavy atom. The molecule has 0 aliphatic rings. The van der Waals surface area contributed by atoms with Crippen molar-refractivity contribution in [2.24, 2.45) is 0 Å². The van der Waals surface area contributed by atoms with Gasteiger partial charge in [-0.05, 0) is 57.5 Å². The van der Waals surface area contributed by atoms with Gasteiger partial charge in [-0.3, -0.25) is 14.3 Å². The minimum Gasteiger partial charge on any atom is -0.455 e. The normalized spacial score (nSPS) is 12.1. The second kappa shape index (κ2) is 8.96. The van der Waals surface area contributed by atoms with Crippen molar-refractivity contribution in [1.82, 2.24) is 10.1 Å². The Labute approximate surface area is 205 Å². The van der Waals surface area contributed by atoms with Gasteiger partial charge < -0.3 is 9.73 Å². The number of aromatic amines is 1. The molecule has 3 aromatic carbocycles. The summed E-state index contributed by atoms with van der Waals surface area (Å²) in [5.74, 6) is -0.863. The lowest BCUT2D eigenvalue weighted by Gasteiger charge is -2.20. The summed E-state index contributed by atoms with van der Waals surface area (Å²) in [5, 5.41) is 7.41. The molecule has 182 valence electrons. The van der Waals surface area contributed by atoms with E-state index in [9.17, 15) is 14.0 Å². The van der Waals surface area contributed by atoms with Crippen molar-refractivity contribution in [1.29, 1.82) is 0 Å². The molecule has 0 spiro atoms. The zero-order valence-electron chi connectivity index (χ0n) is 20.2. The van der Waals surface area contributed by atoms with Crippen molar-refractivity contribution >= 4 is 16.7 Å². The summed E-state index contributed by atoms with van der Waals surface area (Å²) in [6.45, 7) is 7.55. The number of aryl methyl sites for hydroxylation is 2. The second-order valence-electron chi connectivity index (χ2n) is 8.96. The molecular formula is C28H24FN3O4. The molecule has 0 saturated heterocycles. The van der Waals surface area contributed by atoms with Crippen molar-refractivity contribution in [2.75, 3.05) is 5.32 Å². The Hall–Kier alpha value is -4.46. The fourth-order valence-electron chi connectivity index (χ4n) is 4.48. The average molecular weight is 486 g/mol. The molecule has 36 heavy (non-hydrogen) atoms. The van der Waals surface area contributed by atoms with E-state index in [0.717, 1.165) is 22.3 Å². The first-order valence-electron chi connectivity index (χ1n) is 11.5. The number of hydrogen-bond donors (Lipinski definition) is 2. The van der Waals surface area contributed by atoms with Crippen molar-refractivity contribution in [3.05, 3.63) is 103 Å². The van der Waals surface area contributed by atoms with Crippen LogP contribution in [-0.4, -0.2) is 10.1 Å². The van der Waals surface area contributed by atoms with Crippen LogP contribution in [0.2, 0.25) is 0 Å². The highest BCUT2D eigenvalue weighted by Gasteiger charge is 2.21. The van der Waals surface area contributed by atoms with E-state index in [1.807, 2.05) is 57.2 Å². The summed E-state index contributed by atoms with van der Waals surface area (Å²) in [6.07, 6.45) is 0. The number of H-pyrrole nitrogens is 1. The number of aromatic nitrogens is 2. The molecule has 0 saturated carbocycles. The van der Waals surface area contributed by atoms with E-state index in [1.54, 1.807) is 19.1 Å². The van der Waals surface area contributed by atoms with Crippen LogP contribution in [0.4, 0.5) is 10.1 Å². The van der Waals surface area contributed by atoms with E-state index < -0.39 is 17.6 Å². The van der Waals surface area contributed by atoms with E-state index in [2.05, 4.69) is 20.0 Å². The minimum atomic E-state index is -0.780. The first-order chi connectivity index (χ1) is 17.2. The number of benzene rings is 3. The number of rotatable bonds is 5. The molecular weight excluding hydrogens is 461 g/mol. The van der Waals surface area contributed by atoms with Crippen LogP contribution in [0.5, 0.6) is 0 Å². The quantitative estimate of drug-likeness (QED) is 0.315. The second-order valence-corrected chi connectivity index (χ2v) is 8.96. The zero-order valence-corrected chi connectivity index (χ0v) is 20.2. The van der Waals surface area contributed by atoms with E-state index in [4.69, 9.17) is 4.42 Å². The number of nitrogens with zero attached hydrogens (tertiary/aromatic N) is 1. The smallest absolute Gasteiger partial charge is 0.439 e. The third-order valence-corrected chi connectivity index (χ3v) is 6.20. The molecule has 0 bridgehead atoms. The molecule has 2 heterocycles. The first kappa shape index (κ1) is 23.3. The number of anilines is 1. The molecule has 5 rings (SSSR count). The minimum absolute atomic E-state index is 0.0224. The third kappa shape index (κ3) is 4.11. The number of halogens is 1. The molecule has 0 aliphatic heterocycles. The summed E-state index contributed by atoms with van der Waals surface area (Å²) in [4.78, 5) is 27.3. The molecule has 0 aliphatic carbocycles. The molecule has 0 fully saturated rings. The van der Waals surface area contributed by atoms with Gasteiger partial charge in [0.15, 0.2) is 11.3 Å².